The Balaban J connectivity index is 2.87. The van der Waals surface area contributed by atoms with Crippen LogP contribution in [0.4, 0.5) is 0 Å². The molecule has 0 saturated heterocycles. The van der Waals surface area contributed by atoms with Crippen LogP contribution in [0.5, 0.6) is 0 Å². The van der Waals surface area contributed by atoms with E-state index in [9.17, 15) is 4.79 Å². The summed E-state index contributed by atoms with van der Waals surface area (Å²) in [5.74, 6) is 1.00. The average molecular weight is 266 g/mol. The third-order valence-corrected chi connectivity index (χ3v) is 5.13. The minimum atomic E-state index is -0.465. The summed E-state index contributed by atoms with van der Waals surface area (Å²) >= 11 is 0. The lowest BCUT2D eigenvalue weighted by molar-refractivity contribution is -0.169. The van der Waals surface area contributed by atoms with Crippen LogP contribution >= 0.6 is 0 Å². The van der Waals surface area contributed by atoms with Crippen LogP contribution < -0.4 is 0 Å². The Labute approximate surface area is 118 Å². The third kappa shape index (κ3) is 3.40. The van der Waals surface area contributed by atoms with Gasteiger partial charge in [-0.3, -0.25) is 4.79 Å². The van der Waals surface area contributed by atoms with Gasteiger partial charge in [0.2, 0.25) is 0 Å². The van der Waals surface area contributed by atoms with E-state index in [2.05, 4.69) is 27.4 Å². The van der Waals surface area contributed by atoms with Gasteiger partial charge < -0.3 is 4.74 Å². The van der Waals surface area contributed by atoms with E-state index >= 15 is 0 Å². The predicted molar refractivity (Wildman–Crippen MR) is 79.9 cm³/mol. The maximum absolute atomic E-state index is 11.3. The normalized spacial score (nSPS) is 24.6. The average Bonchev–Trinajstić information content (AvgIpc) is 2.58. The number of allylic oxidation sites excluding steroid dienone is 1. The molecule has 0 aliphatic heterocycles. The highest BCUT2D eigenvalue weighted by molar-refractivity contribution is 5.66. The summed E-state index contributed by atoms with van der Waals surface area (Å²) in [4.78, 5) is 11.3. The zero-order valence-corrected chi connectivity index (χ0v) is 13.5. The van der Waals surface area contributed by atoms with E-state index in [0.717, 1.165) is 12.3 Å². The lowest BCUT2D eigenvalue weighted by Crippen LogP contribution is -2.47. The molecule has 1 aliphatic rings. The second-order valence-electron chi connectivity index (χ2n) is 7.13. The summed E-state index contributed by atoms with van der Waals surface area (Å²) in [5.41, 5.74) is 0.787. The fraction of sp³-hybridized carbons (Fsp3) is 0.824. The second-order valence-corrected chi connectivity index (χ2v) is 7.13. The van der Waals surface area contributed by atoms with Crippen molar-refractivity contribution in [1.29, 1.82) is 0 Å². The number of carbonyl (C=O) groups excluding carboxylic acids is 1. The van der Waals surface area contributed by atoms with Gasteiger partial charge in [0.25, 0.3) is 0 Å². The minimum Gasteiger partial charge on any atom is -0.459 e. The Morgan fingerprint density at radius 2 is 1.95 bits per heavy atom. The topological polar surface area (TPSA) is 26.3 Å². The van der Waals surface area contributed by atoms with Crippen molar-refractivity contribution in [3.8, 4) is 0 Å². The number of hydrogen-bond donors (Lipinski definition) is 0. The molecule has 1 aliphatic carbocycles. The van der Waals surface area contributed by atoms with Crippen molar-refractivity contribution in [3.05, 3.63) is 12.2 Å². The highest BCUT2D eigenvalue weighted by atomic mass is 16.6. The second kappa shape index (κ2) is 5.68. The summed E-state index contributed by atoms with van der Waals surface area (Å²) in [5, 5.41) is 0. The largest absolute Gasteiger partial charge is 0.459 e. The molecule has 0 aromatic heterocycles. The Morgan fingerprint density at radius 1 is 1.37 bits per heavy atom. The van der Waals surface area contributed by atoms with E-state index in [4.69, 9.17) is 4.74 Å². The van der Waals surface area contributed by atoms with Gasteiger partial charge in [-0.1, -0.05) is 45.8 Å². The van der Waals surface area contributed by atoms with E-state index in [1.165, 1.54) is 31.8 Å². The third-order valence-electron chi connectivity index (χ3n) is 5.13. The molecule has 2 heteroatoms. The molecule has 0 amide bonds. The van der Waals surface area contributed by atoms with E-state index in [0.29, 0.717) is 5.92 Å². The van der Waals surface area contributed by atoms with E-state index in [1.54, 1.807) is 0 Å². The van der Waals surface area contributed by atoms with Crippen LogP contribution in [0.3, 0.4) is 0 Å². The van der Waals surface area contributed by atoms with Crippen LogP contribution in [-0.4, -0.2) is 11.6 Å². The molecule has 2 nitrogen and oxygen atoms in total. The van der Waals surface area contributed by atoms with Gasteiger partial charge >= 0.3 is 5.97 Å². The molecule has 19 heavy (non-hydrogen) atoms. The van der Waals surface area contributed by atoms with Crippen LogP contribution in [0.25, 0.3) is 0 Å². The highest BCUT2D eigenvalue weighted by Crippen LogP contribution is 2.52. The predicted octanol–water partition coefficient (Wildman–Crippen LogP) is 4.74. The minimum absolute atomic E-state index is 0.0851. The molecular formula is C17H30O2. The zero-order valence-electron chi connectivity index (χ0n) is 13.5. The van der Waals surface area contributed by atoms with Crippen LogP contribution in [0.1, 0.15) is 67.2 Å². The SMILES string of the molecule is C=C1CC(CCC)CC1C(C)(C)C(C)(C)OC(C)=O. The molecule has 0 bridgehead atoms. The maximum atomic E-state index is 11.3. The van der Waals surface area contributed by atoms with Gasteiger partial charge in [-0.25, -0.2) is 0 Å². The molecule has 0 aromatic rings. The number of esters is 1. The summed E-state index contributed by atoms with van der Waals surface area (Å²) in [6.45, 7) is 16.5. The van der Waals surface area contributed by atoms with Crippen molar-refractivity contribution >= 4 is 5.97 Å². The lowest BCUT2D eigenvalue weighted by atomic mass is 9.66. The standard InChI is InChI=1S/C17H30O2/c1-8-9-14-10-12(2)15(11-14)16(4,5)17(6,7)19-13(3)18/h14-15H,2,8-11H2,1,3-7H3. The van der Waals surface area contributed by atoms with Crippen molar-refractivity contribution in [2.45, 2.75) is 72.8 Å². The fourth-order valence-electron chi connectivity index (χ4n) is 3.44. The molecule has 1 fully saturated rings. The van der Waals surface area contributed by atoms with Crippen molar-refractivity contribution < 1.29 is 9.53 Å². The first-order valence-electron chi connectivity index (χ1n) is 7.49. The van der Waals surface area contributed by atoms with Crippen LogP contribution in [0.15, 0.2) is 12.2 Å². The zero-order chi connectivity index (χ0) is 14.8. The van der Waals surface area contributed by atoms with E-state index < -0.39 is 5.60 Å². The number of carbonyl (C=O) groups is 1. The molecular weight excluding hydrogens is 236 g/mol. The first kappa shape index (κ1) is 16.3. The number of hydrogen-bond acceptors (Lipinski definition) is 2. The van der Waals surface area contributed by atoms with Crippen LogP contribution in [0, 0.1) is 17.3 Å². The molecule has 0 spiro atoms. The van der Waals surface area contributed by atoms with Crippen molar-refractivity contribution in [1.82, 2.24) is 0 Å². The molecule has 2 atom stereocenters. The Bertz CT molecular complexity index is 352. The Kier molecular flexibility index (Phi) is 4.86. The molecule has 110 valence electrons. The maximum Gasteiger partial charge on any atom is 0.303 e. The number of ether oxygens (including phenoxy) is 1. The van der Waals surface area contributed by atoms with E-state index in [-0.39, 0.29) is 11.4 Å². The molecule has 0 heterocycles. The lowest BCUT2D eigenvalue weighted by Gasteiger charge is -2.45. The summed E-state index contributed by atoms with van der Waals surface area (Å²) in [6.07, 6.45) is 4.83. The van der Waals surface area contributed by atoms with Crippen LogP contribution in [-0.2, 0) is 9.53 Å². The van der Waals surface area contributed by atoms with Gasteiger partial charge in [0, 0.05) is 12.3 Å². The molecule has 0 aromatic carbocycles. The Morgan fingerprint density at radius 3 is 2.42 bits per heavy atom. The monoisotopic (exact) mass is 266 g/mol. The Hall–Kier alpha value is -0.790. The molecule has 0 radical (unpaired) electrons. The van der Waals surface area contributed by atoms with E-state index in [1.807, 2.05) is 13.8 Å². The van der Waals surface area contributed by atoms with Crippen molar-refractivity contribution in [3.63, 3.8) is 0 Å². The first-order valence-corrected chi connectivity index (χ1v) is 7.49. The quantitative estimate of drug-likeness (QED) is 0.531. The first-order chi connectivity index (χ1) is 8.61. The van der Waals surface area contributed by atoms with Gasteiger partial charge in [0.15, 0.2) is 0 Å². The number of rotatable bonds is 5. The molecule has 1 saturated carbocycles. The molecule has 0 N–H and O–H groups in total. The van der Waals surface area contributed by atoms with Crippen molar-refractivity contribution in [2.75, 3.05) is 0 Å². The van der Waals surface area contributed by atoms with Gasteiger partial charge in [-0.15, -0.1) is 0 Å². The van der Waals surface area contributed by atoms with Gasteiger partial charge in [-0.05, 0) is 38.5 Å². The molecule has 2 unspecified atom stereocenters. The van der Waals surface area contributed by atoms with Crippen molar-refractivity contribution in [2.24, 2.45) is 17.3 Å². The fourth-order valence-corrected chi connectivity index (χ4v) is 3.44. The van der Waals surface area contributed by atoms with Gasteiger partial charge in [0.1, 0.15) is 5.60 Å². The van der Waals surface area contributed by atoms with Gasteiger partial charge in [0.05, 0.1) is 0 Å². The highest BCUT2D eigenvalue weighted by Gasteiger charge is 2.49. The smallest absolute Gasteiger partial charge is 0.303 e. The molecule has 1 rings (SSSR count). The summed E-state index contributed by atoms with van der Waals surface area (Å²) in [7, 11) is 0. The summed E-state index contributed by atoms with van der Waals surface area (Å²) in [6, 6.07) is 0. The van der Waals surface area contributed by atoms with Crippen LogP contribution in [0.2, 0.25) is 0 Å². The van der Waals surface area contributed by atoms with Gasteiger partial charge in [-0.2, -0.15) is 0 Å². The summed E-state index contributed by atoms with van der Waals surface area (Å²) < 4.78 is 5.58.